The molecule has 2 aliphatic rings. The topological polar surface area (TPSA) is 84.6 Å². The molecule has 34 heavy (non-hydrogen) atoms. The number of anilines is 1. The van der Waals surface area contributed by atoms with E-state index in [-0.39, 0.29) is 11.9 Å². The second kappa shape index (κ2) is 9.93. The van der Waals surface area contributed by atoms with Gasteiger partial charge in [0, 0.05) is 44.2 Å². The molecule has 8 heteroatoms. The Bertz CT molecular complexity index is 1210. The van der Waals surface area contributed by atoms with Crippen LogP contribution in [-0.2, 0) is 11.2 Å². The summed E-state index contributed by atoms with van der Waals surface area (Å²) in [6, 6.07) is 4.27. The van der Waals surface area contributed by atoms with Gasteiger partial charge in [-0.1, -0.05) is 6.08 Å². The molecule has 3 aromatic rings. The molecular weight excluding hydrogens is 428 g/mol. The van der Waals surface area contributed by atoms with Crippen LogP contribution in [0.3, 0.4) is 0 Å². The van der Waals surface area contributed by atoms with Gasteiger partial charge in [-0.15, -0.1) is 0 Å². The quantitative estimate of drug-likeness (QED) is 0.599. The van der Waals surface area contributed by atoms with Crippen LogP contribution in [0.25, 0.3) is 11.1 Å². The lowest BCUT2D eigenvalue weighted by atomic mass is 9.98. The standard InChI is InChI=1S/C26H32N6O2/c1-18(17-34-2)29-26-27-15-21-20(8-4-5-9-23(21)30-26)19-10-13-32-24(14-19)22(16-28-32)25(33)31-11-6-3-7-12-31/h8,10,13-16,18H,3-7,9,11-12,17H2,1-2H3,(H,27,29,30)/t18-/m0/s1. The number of likely N-dealkylation sites (tertiary alicyclic amines) is 1. The van der Waals surface area contributed by atoms with Crippen LogP contribution in [0.4, 0.5) is 5.95 Å². The van der Waals surface area contributed by atoms with Crippen LogP contribution in [0.2, 0.25) is 0 Å². The number of amides is 1. The Balaban J connectivity index is 1.47. The fourth-order valence-electron chi connectivity index (χ4n) is 4.89. The van der Waals surface area contributed by atoms with Crippen LogP contribution in [0.15, 0.2) is 36.8 Å². The first-order valence-corrected chi connectivity index (χ1v) is 12.2. The number of rotatable bonds is 6. The Morgan fingerprint density at radius 3 is 2.88 bits per heavy atom. The lowest BCUT2D eigenvalue weighted by molar-refractivity contribution is 0.0726. The van der Waals surface area contributed by atoms with Crippen molar-refractivity contribution in [1.82, 2.24) is 24.5 Å². The Kier molecular flexibility index (Phi) is 6.58. The fraction of sp³-hybridized carbons (Fsp3) is 0.462. The summed E-state index contributed by atoms with van der Waals surface area (Å²) in [7, 11) is 1.69. The van der Waals surface area contributed by atoms with Gasteiger partial charge >= 0.3 is 0 Å². The first kappa shape index (κ1) is 22.5. The zero-order chi connectivity index (χ0) is 23.5. The number of piperidine rings is 1. The summed E-state index contributed by atoms with van der Waals surface area (Å²) in [5.74, 6) is 0.705. The van der Waals surface area contributed by atoms with Crippen molar-refractivity contribution in [2.45, 2.75) is 51.5 Å². The molecule has 0 radical (unpaired) electrons. The van der Waals surface area contributed by atoms with Gasteiger partial charge in [-0.3, -0.25) is 4.79 Å². The van der Waals surface area contributed by atoms with Crippen molar-refractivity contribution < 1.29 is 9.53 Å². The van der Waals surface area contributed by atoms with Crippen LogP contribution in [0.1, 0.15) is 66.2 Å². The highest BCUT2D eigenvalue weighted by Crippen LogP contribution is 2.31. The highest BCUT2D eigenvalue weighted by atomic mass is 16.5. The van der Waals surface area contributed by atoms with Crippen molar-refractivity contribution in [3.8, 4) is 0 Å². The van der Waals surface area contributed by atoms with Gasteiger partial charge in [0.05, 0.1) is 29.6 Å². The molecule has 1 atom stereocenters. The molecule has 0 spiro atoms. The molecule has 5 rings (SSSR count). The molecule has 4 heterocycles. The predicted molar refractivity (Wildman–Crippen MR) is 132 cm³/mol. The van der Waals surface area contributed by atoms with Crippen molar-refractivity contribution in [1.29, 1.82) is 0 Å². The van der Waals surface area contributed by atoms with Gasteiger partial charge in [0.2, 0.25) is 5.95 Å². The number of aromatic nitrogens is 4. The SMILES string of the molecule is COC[C@H](C)Nc1ncc2c(n1)CCCC=C2c1ccn2ncc(C(=O)N3CCCCC3)c2c1. The Morgan fingerprint density at radius 2 is 2.06 bits per heavy atom. The molecule has 3 aromatic heterocycles. The minimum absolute atomic E-state index is 0.0753. The minimum atomic E-state index is 0.0753. The van der Waals surface area contributed by atoms with E-state index >= 15 is 0 Å². The lowest BCUT2D eigenvalue weighted by Gasteiger charge is -2.26. The number of carbonyl (C=O) groups excluding carboxylic acids is 1. The van der Waals surface area contributed by atoms with Gasteiger partial charge in [-0.25, -0.2) is 14.5 Å². The molecular formula is C26H32N6O2. The first-order valence-electron chi connectivity index (χ1n) is 12.2. The van der Waals surface area contributed by atoms with Gasteiger partial charge in [-0.05, 0) is 68.7 Å². The molecule has 0 saturated carbocycles. The third kappa shape index (κ3) is 4.55. The van der Waals surface area contributed by atoms with E-state index in [4.69, 9.17) is 9.72 Å². The lowest BCUT2D eigenvalue weighted by Crippen LogP contribution is -2.35. The Morgan fingerprint density at radius 1 is 1.21 bits per heavy atom. The van der Waals surface area contributed by atoms with E-state index in [0.29, 0.717) is 18.1 Å². The molecule has 178 valence electrons. The van der Waals surface area contributed by atoms with Crippen LogP contribution in [-0.4, -0.2) is 63.2 Å². The second-order valence-electron chi connectivity index (χ2n) is 9.22. The van der Waals surface area contributed by atoms with Crippen LogP contribution in [0.5, 0.6) is 0 Å². The molecule has 8 nitrogen and oxygen atoms in total. The van der Waals surface area contributed by atoms with Gasteiger partial charge in [-0.2, -0.15) is 5.10 Å². The number of methoxy groups -OCH3 is 1. The van der Waals surface area contributed by atoms with Gasteiger partial charge in [0.1, 0.15) is 0 Å². The normalized spacial score (nSPS) is 17.1. The number of hydrogen-bond donors (Lipinski definition) is 1. The fourth-order valence-corrected chi connectivity index (χ4v) is 4.89. The Hall–Kier alpha value is -3.26. The van der Waals surface area contributed by atoms with E-state index in [1.54, 1.807) is 17.8 Å². The summed E-state index contributed by atoms with van der Waals surface area (Å²) in [4.78, 5) is 24.6. The summed E-state index contributed by atoms with van der Waals surface area (Å²) in [6.07, 6.45) is 14.1. The summed E-state index contributed by atoms with van der Waals surface area (Å²) in [6.45, 7) is 4.29. The molecule has 0 aromatic carbocycles. The first-order chi connectivity index (χ1) is 16.6. The molecule has 1 aliphatic heterocycles. The average molecular weight is 461 g/mol. The maximum absolute atomic E-state index is 13.2. The zero-order valence-corrected chi connectivity index (χ0v) is 20.0. The predicted octanol–water partition coefficient (Wildman–Crippen LogP) is 3.97. The third-order valence-electron chi connectivity index (χ3n) is 6.62. The molecule has 1 amide bonds. The van der Waals surface area contributed by atoms with Crippen LogP contribution < -0.4 is 5.32 Å². The average Bonchev–Trinajstić information content (AvgIpc) is 3.16. The van der Waals surface area contributed by atoms with Crippen LogP contribution in [0, 0.1) is 0 Å². The molecule has 1 aliphatic carbocycles. The van der Waals surface area contributed by atoms with Crippen molar-refractivity contribution in [2.24, 2.45) is 0 Å². The highest BCUT2D eigenvalue weighted by Gasteiger charge is 2.23. The third-order valence-corrected chi connectivity index (χ3v) is 6.62. The molecule has 0 unspecified atom stereocenters. The number of hydrogen-bond acceptors (Lipinski definition) is 6. The number of pyridine rings is 1. The number of aryl methyl sites for hydroxylation is 1. The van der Waals surface area contributed by atoms with Crippen molar-refractivity contribution >= 4 is 22.9 Å². The van der Waals surface area contributed by atoms with Crippen molar-refractivity contribution in [2.75, 3.05) is 32.1 Å². The smallest absolute Gasteiger partial charge is 0.257 e. The van der Waals surface area contributed by atoms with E-state index in [2.05, 4.69) is 33.6 Å². The second-order valence-corrected chi connectivity index (χ2v) is 9.22. The number of fused-ring (bicyclic) bond motifs is 2. The van der Waals surface area contributed by atoms with E-state index in [9.17, 15) is 4.79 Å². The van der Waals surface area contributed by atoms with E-state index in [1.165, 1.54) is 6.42 Å². The zero-order valence-electron chi connectivity index (χ0n) is 20.0. The Labute approximate surface area is 200 Å². The van der Waals surface area contributed by atoms with Gasteiger partial charge in [0.15, 0.2) is 0 Å². The summed E-state index contributed by atoms with van der Waals surface area (Å²) in [5.41, 5.74) is 5.78. The highest BCUT2D eigenvalue weighted by molar-refractivity contribution is 6.01. The monoisotopic (exact) mass is 460 g/mol. The summed E-state index contributed by atoms with van der Waals surface area (Å²) in [5, 5.41) is 7.76. The maximum atomic E-state index is 13.2. The number of allylic oxidation sites excluding steroid dienone is 1. The summed E-state index contributed by atoms with van der Waals surface area (Å²) >= 11 is 0. The van der Waals surface area contributed by atoms with Crippen molar-refractivity contribution in [3.63, 3.8) is 0 Å². The van der Waals surface area contributed by atoms with Gasteiger partial charge < -0.3 is 15.0 Å². The minimum Gasteiger partial charge on any atom is -0.383 e. The largest absolute Gasteiger partial charge is 0.383 e. The number of ether oxygens (including phenoxy) is 1. The molecule has 1 N–H and O–H groups in total. The van der Waals surface area contributed by atoms with E-state index < -0.39 is 0 Å². The molecule has 0 bridgehead atoms. The molecule has 1 fully saturated rings. The summed E-state index contributed by atoms with van der Waals surface area (Å²) < 4.78 is 7.01. The molecule has 1 saturated heterocycles. The number of nitrogens with one attached hydrogen (secondary N) is 1. The number of carbonyl (C=O) groups is 1. The maximum Gasteiger partial charge on any atom is 0.257 e. The van der Waals surface area contributed by atoms with Gasteiger partial charge in [0.25, 0.3) is 5.91 Å². The van der Waals surface area contributed by atoms with E-state index in [1.807, 2.05) is 24.2 Å². The van der Waals surface area contributed by atoms with E-state index in [0.717, 1.165) is 73.1 Å². The van der Waals surface area contributed by atoms with Crippen molar-refractivity contribution in [3.05, 3.63) is 59.2 Å². The van der Waals surface area contributed by atoms with Crippen LogP contribution >= 0.6 is 0 Å². The number of nitrogens with zero attached hydrogens (tertiary/aromatic N) is 5.